The maximum Gasteiger partial charge on any atom is 0.0302 e. The third-order valence-corrected chi connectivity index (χ3v) is 4.38. The van der Waals surface area contributed by atoms with E-state index < -0.39 is 0 Å². The molecule has 0 fully saturated rings. The Kier molecular flexibility index (Phi) is 3.81. The highest BCUT2D eigenvalue weighted by molar-refractivity contribution is 7.12. The fourth-order valence-corrected chi connectivity index (χ4v) is 3.50. The number of nitrogens with one attached hydrogen (secondary N) is 1. The van der Waals surface area contributed by atoms with E-state index in [9.17, 15) is 0 Å². The molecule has 0 saturated carbocycles. The van der Waals surface area contributed by atoms with Gasteiger partial charge in [0, 0.05) is 22.3 Å². The summed E-state index contributed by atoms with van der Waals surface area (Å²) in [5.74, 6) is 0. The van der Waals surface area contributed by atoms with Crippen molar-refractivity contribution in [2.75, 3.05) is 0 Å². The van der Waals surface area contributed by atoms with Crippen molar-refractivity contribution in [2.45, 2.75) is 58.5 Å². The average molecular weight is 223 g/mol. The van der Waals surface area contributed by atoms with Gasteiger partial charge in [-0.15, -0.1) is 11.3 Å². The number of fused-ring (bicyclic) bond motifs is 1. The van der Waals surface area contributed by atoms with Crippen molar-refractivity contribution in [3.8, 4) is 0 Å². The van der Waals surface area contributed by atoms with E-state index in [1.807, 2.05) is 11.3 Å². The van der Waals surface area contributed by atoms with Gasteiger partial charge in [0.25, 0.3) is 0 Å². The zero-order valence-electron chi connectivity index (χ0n) is 9.81. The highest BCUT2D eigenvalue weighted by Gasteiger charge is 2.14. The van der Waals surface area contributed by atoms with Crippen molar-refractivity contribution < 1.29 is 0 Å². The van der Waals surface area contributed by atoms with Crippen LogP contribution >= 0.6 is 11.3 Å². The van der Waals surface area contributed by atoms with Crippen molar-refractivity contribution in [1.82, 2.24) is 5.32 Å². The van der Waals surface area contributed by atoms with Crippen LogP contribution in [0.15, 0.2) is 6.07 Å². The molecule has 0 radical (unpaired) electrons. The second kappa shape index (κ2) is 5.13. The summed E-state index contributed by atoms with van der Waals surface area (Å²) in [6, 6.07) is 3.07. The molecule has 1 unspecified atom stereocenters. The van der Waals surface area contributed by atoms with E-state index in [0.29, 0.717) is 6.04 Å². The van der Waals surface area contributed by atoms with Crippen molar-refractivity contribution in [2.24, 2.45) is 0 Å². The standard InChI is InChI=1S/C13H21NS/c1-3-5-10(2)14-9-12-8-11-6-4-7-13(11)15-12/h8,10,14H,3-7,9H2,1-2H3. The van der Waals surface area contributed by atoms with E-state index in [2.05, 4.69) is 25.2 Å². The topological polar surface area (TPSA) is 12.0 Å². The lowest BCUT2D eigenvalue weighted by atomic mass is 10.2. The van der Waals surface area contributed by atoms with E-state index >= 15 is 0 Å². The number of thiophene rings is 1. The van der Waals surface area contributed by atoms with Crippen LogP contribution in [0.4, 0.5) is 0 Å². The van der Waals surface area contributed by atoms with Crippen LogP contribution in [0.3, 0.4) is 0 Å². The van der Waals surface area contributed by atoms with Gasteiger partial charge in [-0.2, -0.15) is 0 Å². The molecule has 0 bridgehead atoms. The minimum absolute atomic E-state index is 0.659. The molecule has 1 aromatic heterocycles. The molecular weight excluding hydrogens is 202 g/mol. The number of hydrogen-bond acceptors (Lipinski definition) is 2. The van der Waals surface area contributed by atoms with Crippen LogP contribution in [0.1, 0.15) is 48.4 Å². The molecule has 1 atom stereocenters. The molecule has 0 spiro atoms. The van der Waals surface area contributed by atoms with Crippen molar-refractivity contribution in [3.05, 3.63) is 21.4 Å². The van der Waals surface area contributed by atoms with Gasteiger partial charge in [0.1, 0.15) is 0 Å². The molecule has 2 heteroatoms. The lowest BCUT2D eigenvalue weighted by Gasteiger charge is -2.11. The predicted molar refractivity (Wildman–Crippen MR) is 67.6 cm³/mol. The highest BCUT2D eigenvalue weighted by Crippen LogP contribution is 2.30. The molecule has 15 heavy (non-hydrogen) atoms. The van der Waals surface area contributed by atoms with Crippen molar-refractivity contribution >= 4 is 11.3 Å². The molecule has 0 aromatic carbocycles. The van der Waals surface area contributed by atoms with Gasteiger partial charge in [-0.05, 0) is 44.2 Å². The van der Waals surface area contributed by atoms with Crippen molar-refractivity contribution in [3.63, 3.8) is 0 Å². The number of hydrogen-bond donors (Lipinski definition) is 1. The summed E-state index contributed by atoms with van der Waals surface area (Å²) in [6.45, 7) is 5.60. The summed E-state index contributed by atoms with van der Waals surface area (Å²) >= 11 is 2.02. The van der Waals surface area contributed by atoms with Crippen molar-refractivity contribution in [1.29, 1.82) is 0 Å². The second-order valence-electron chi connectivity index (χ2n) is 4.59. The van der Waals surface area contributed by atoms with Gasteiger partial charge < -0.3 is 5.32 Å². The zero-order chi connectivity index (χ0) is 10.7. The van der Waals surface area contributed by atoms with Crippen LogP contribution in [-0.4, -0.2) is 6.04 Å². The molecule has 0 saturated heterocycles. The van der Waals surface area contributed by atoms with E-state index in [4.69, 9.17) is 0 Å². The minimum atomic E-state index is 0.659. The quantitative estimate of drug-likeness (QED) is 0.805. The predicted octanol–water partition coefficient (Wildman–Crippen LogP) is 3.52. The summed E-state index contributed by atoms with van der Waals surface area (Å²) in [5, 5.41) is 3.60. The zero-order valence-corrected chi connectivity index (χ0v) is 10.6. The molecule has 1 aliphatic rings. The molecule has 1 N–H and O–H groups in total. The highest BCUT2D eigenvalue weighted by atomic mass is 32.1. The Bertz CT molecular complexity index is 295. The van der Waals surface area contributed by atoms with Gasteiger partial charge in [0.15, 0.2) is 0 Å². The van der Waals surface area contributed by atoms with Gasteiger partial charge in [0.05, 0.1) is 0 Å². The first-order valence-corrected chi connectivity index (χ1v) is 6.95. The lowest BCUT2D eigenvalue weighted by Crippen LogP contribution is -2.24. The SMILES string of the molecule is CCCC(C)NCc1cc2c(s1)CCC2. The van der Waals surface area contributed by atoms with E-state index in [-0.39, 0.29) is 0 Å². The third-order valence-electron chi connectivity index (χ3n) is 3.14. The second-order valence-corrected chi connectivity index (χ2v) is 5.81. The smallest absolute Gasteiger partial charge is 0.0302 e. The van der Waals surface area contributed by atoms with E-state index in [1.165, 1.54) is 37.0 Å². The molecule has 2 rings (SSSR count). The Morgan fingerprint density at radius 2 is 2.33 bits per heavy atom. The fraction of sp³-hybridized carbons (Fsp3) is 0.692. The summed E-state index contributed by atoms with van der Waals surface area (Å²) in [6.07, 6.45) is 6.57. The first kappa shape index (κ1) is 11.2. The minimum Gasteiger partial charge on any atom is -0.309 e. The van der Waals surface area contributed by atoms with Gasteiger partial charge in [-0.25, -0.2) is 0 Å². The molecule has 84 valence electrons. The van der Waals surface area contributed by atoms with Gasteiger partial charge in [-0.1, -0.05) is 13.3 Å². The summed E-state index contributed by atoms with van der Waals surface area (Å²) < 4.78 is 0. The molecule has 1 aliphatic carbocycles. The molecule has 1 nitrogen and oxygen atoms in total. The molecule has 1 aromatic rings. The van der Waals surface area contributed by atoms with Crippen LogP contribution in [-0.2, 0) is 19.4 Å². The van der Waals surface area contributed by atoms with Crippen LogP contribution in [0, 0.1) is 0 Å². The third kappa shape index (κ3) is 2.82. The maximum atomic E-state index is 3.60. The van der Waals surface area contributed by atoms with Gasteiger partial charge in [0.2, 0.25) is 0 Å². The van der Waals surface area contributed by atoms with Gasteiger partial charge >= 0.3 is 0 Å². The van der Waals surface area contributed by atoms with Crippen LogP contribution < -0.4 is 5.32 Å². The summed E-state index contributed by atoms with van der Waals surface area (Å²) in [4.78, 5) is 3.18. The lowest BCUT2D eigenvalue weighted by molar-refractivity contribution is 0.511. The van der Waals surface area contributed by atoms with E-state index in [0.717, 1.165) is 6.54 Å². The Balaban J connectivity index is 1.83. The maximum absolute atomic E-state index is 3.60. The van der Waals surface area contributed by atoms with E-state index in [1.54, 1.807) is 10.4 Å². The molecule has 1 heterocycles. The Morgan fingerprint density at radius 3 is 3.07 bits per heavy atom. The largest absolute Gasteiger partial charge is 0.309 e. The molecule has 0 amide bonds. The first-order valence-electron chi connectivity index (χ1n) is 6.13. The Morgan fingerprint density at radius 1 is 1.47 bits per heavy atom. The first-order chi connectivity index (χ1) is 7.29. The normalized spacial score (nSPS) is 16.7. The van der Waals surface area contributed by atoms with Crippen LogP contribution in [0.2, 0.25) is 0 Å². The molecule has 0 aliphatic heterocycles. The Hall–Kier alpha value is -0.340. The monoisotopic (exact) mass is 223 g/mol. The Labute approximate surface area is 96.9 Å². The summed E-state index contributed by atoms with van der Waals surface area (Å²) in [5.41, 5.74) is 1.62. The fourth-order valence-electron chi connectivity index (χ4n) is 2.29. The number of aryl methyl sites for hydroxylation is 2. The van der Waals surface area contributed by atoms with Crippen LogP contribution in [0.5, 0.6) is 0 Å². The average Bonchev–Trinajstić information content (AvgIpc) is 2.74. The number of rotatable bonds is 5. The van der Waals surface area contributed by atoms with Crippen LogP contribution in [0.25, 0.3) is 0 Å². The molecular formula is C13H21NS. The summed E-state index contributed by atoms with van der Waals surface area (Å²) in [7, 11) is 0. The van der Waals surface area contributed by atoms with Gasteiger partial charge in [-0.3, -0.25) is 0 Å².